The Morgan fingerprint density at radius 2 is 2.24 bits per heavy atom. The van der Waals surface area contributed by atoms with Crippen LogP contribution in [0.4, 0.5) is 5.69 Å². The van der Waals surface area contributed by atoms with Gasteiger partial charge in [0.2, 0.25) is 10.0 Å². The van der Waals surface area contributed by atoms with Gasteiger partial charge in [0.25, 0.3) is 5.91 Å². The molecule has 6 nitrogen and oxygen atoms in total. The number of nitrogens with zero attached hydrogens (tertiary/aromatic N) is 1. The molecule has 0 fully saturated rings. The van der Waals surface area contributed by atoms with Crippen LogP contribution in [0.5, 0.6) is 5.75 Å². The minimum Gasteiger partial charge on any atom is -0.476 e. The van der Waals surface area contributed by atoms with Gasteiger partial charge in [0.15, 0.2) is 6.10 Å². The van der Waals surface area contributed by atoms with Crippen molar-refractivity contribution in [3.05, 3.63) is 23.2 Å². The van der Waals surface area contributed by atoms with E-state index in [1.165, 1.54) is 6.07 Å². The van der Waals surface area contributed by atoms with Crippen molar-refractivity contribution < 1.29 is 17.9 Å². The van der Waals surface area contributed by atoms with Crippen LogP contribution in [0.3, 0.4) is 0 Å². The number of sulfonamides is 1. The number of nitrogens with one attached hydrogen (secondary N) is 1. The molecule has 1 atom stereocenters. The number of carbonyl (C=O) groups excluding carboxylic acids is 1. The van der Waals surface area contributed by atoms with Gasteiger partial charge < -0.3 is 10.1 Å². The van der Waals surface area contributed by atoms with Crippen LogP contribution in [-0.4, -0.2) is 39.8 Å². The van der Waals surface area contributed by atoms with E-state index in [9.17, 15) is 13.2 Å². The highest BCUT2D eigenvalue weighted by atomic mass is 35.5. The average Bonchev–Trinajstić information content (AvgIpc) is 2.42. The molecule has 1 aromatic carbocycles. The monoisotopic (exact) mass is 332 g/mol. The zero-order valence-corrected chi connectivity index (χ0v) is 13.4. The smallest absolute Gasteiger partial charge is 0.263 e. The average molecular weight is 333 g/mol. The number of amides is 1. The number of fused-ring (bicyclic) bond motifs is 1. The molecule has 1 aliphatic heterocycles. The van der Waals surface area contributed by atoms with Crippen LogP contribution in [-0.2, 0) is 14.8 Å². The van der Waals surface area contributed by atoms with Crippen molar-refractivity contribution in [3.8, 4) is 5.75 Å². The van der Waals surface area contributed by atoms with E-state index in [4.69, 9.17) is 16.3 Å². The Kier molecular flexibility index (Phi) is 4.63. The lowest BCUT2D eigenvalue weighted by molar-refractivity contribution is -0.127. The maximum absolute atomic E-state index is 12.0. The van der Waals surface area contributed by atoms with Crippen LogP contribution in [0.2, 0.25) is 5.02 Å². The minimum atomic E-state index is -3.53. The Labute approximate surface area is 129 Å². The zero-order valence-electron chi connectivity index (χ0n) is 11.8. The number of rotatable bonds is 4. The van der Waals surface area contributed by atoms with E-state index in [0.29, 0.717) is 23.0 Å². The van der Waals surface area contributed by atoms with Gasteiger partial charge in [0.05, 0.1) is 18.5 Å². The molecular weight excluding hydrogens is 316 g/mol. The lowest BCUT2D eigenvalue weighted by Crippen LogP contribution is -2.50. The van der Waals surface area contributed by atoms with E-state index in [2.05, 4.69) is 5.32 Å². The molecule has 0 aromatic heterocycles. The van der Waals surface area contributed by atoms with Gasteiger partial charge in [0, 0.05) is 11.6 Å². The Morgan fingerprint density at radius 3 is 2.86 bits per heavy atom. The largest absolute Gasteiger partial charge is 0.476 e. The SMILES string of the molecule is CCCNC(=O)C1CN(S(C)(=O)=O)c2cc(Cl)ccc2O1. The fourth-order valence-electron chi connectivity index (χ4n) is 2.04. The highest BCUT2D eigenvalue weighted by Gasteiger charge is 2.34. The second-order valence-corrected chi connectivity index (χ2v) is 7.15. The number of anilines is 1. The van der Waals surface area contributed by atoms with E-state index in [1.807, 2.05) is 6.92 Å². The molecule has 0 radical (unpaired) electrons. The second kappa shape index (κ2) is 6.11. The van der Waals surface area contributed by atoms with Gasteiger partial charge >= 0.3 is 0 Å². The van der Waals surface area contributed by atoms with Crippen LogP contribution in [0.25, 0.3) is 0 Å². The van der Waals surface area contributed by atoms with Gasteiger partial charge in [-0.15, -0.1) is 0 Å². The lowest BCUT2D eigenvalue weighted by atomic mass is 10.2. The van der Waals surface area contributed by atoms with E-state index in [-0.39, 0.29) is 12.5 Å². The summed E-state index contributed by atoms with van der Waals surface area (Å²) < 4.78 is 30.6. The molecule has 2 rings (SSSR count). The number of hydrogen-bond donors (Lipinski definition) is 1. The maximum Gasteiger partial charge on any atom is 0.263 e. The van der Waals surface area contributed by atoms with E-state index < -0.39 is 16.1 Å². The predicted molar refractivity (Wildman–Crippen MR) is 81.4 cm³/mol. The number of carbonyl (C=O) groups is 1. The van der Waals surface area contributed by atoms with E-state index >= 15 is 0 Å². The summed E-state index contributed by atoms with van der Waals surface area (Å²) in [6.45, 7) is 2.38. The first-order valence-electron chi connectivity index (χ1n) is 6.54. The summed E-state index contributed by atoms with van der Waals surface area (Å²) >= 11 is 5.90. The molecule has 21 heavy (non-hydrogen) atoms. The van der Waals surface area contributed by atoms with Crippen LogP contribution in [0, 0.1) is 0 Å². The van der Waals surface area contributed by atoms with Gasteiger partial charge in [-0.3, -0.25) is 9.10 Å². The summed E-state index contributed by atoms with van der Waals surface area (Å²) in [5, 5.41) is 3.11. The second-order valence-electron chi connectivity index (χ2n) is 4.80. The highest BCUT2D eigenvalue weighted by Crippen LogP contribution is 2.36. The van der Waals surface area contributed by atoms with Gasteiger partial charge in [-0.2, -0.15) is 0 Å². The molecule has 116 valence electrons. The van der Waals surface area contributed by atoms with E-state index in [1.54, 1.807) is 12.1 Å². The van der Waals surface area contributed by atoms with Crippen molar-refractivity contribution in [2.75, 3.05) is 23.7 Å². The number of ether oxygens (including phenoxy) is 1. The molecule has 8 heteroatoms. The Hall–Kier alpha value is -1.47. The molecule has 0 aliphatic carbocycles. The maximum atomic E-state index is 12.0. The van der Waals surface area contributed by atoms with Gasteiger partial charge in [0.1, 0.15) is 5.75 Å². The van der Waals surface area contributed by atoms with Crippen molar-refractivity contribution in [2.45, 2.75) is 19.4 Å². The molecule has 1 aliphatic rings. The van der Waals surface area contributed by atoms with Gasteiger partial charge in [-0.05, 0) is 24.6 Å². The molecular formula is C13H17ClN2O4S. The first-order valence-corrected chi connectivity index (χ1v) is 8.77. The summed E-state index contributed by atoms with van der Waals surface area (Å²) in [4.78, 5) is 12.0. The topological polar surface area (TPSA) is 75.7 Å². The Balaban J connectivity index is 2.34. The molecule has 1 amide bonds. The summed E-state index contributed by atoms with van der Waals surface area (Å²) in [5.74, 6) is -0.00109. The molecule has 0 bridgehead atoms. The standard InChI is InChI=1S/C13H17ClN2O4S/c1-3-6-15-13(17)12-8-16(21(2,18)19)10-7-9(14)4-5-11(10)20-12/h4-5,7,12H,3,6,8H2,1-2H3,(H,15,17). The van der Waals surface area contributed by atoms with Crippen LogP contribution < -0.4 is 14.4 Å². The fourth-order valence-corrected chi connectivity index (χ4v) is 3.11. The number of hydrogen-bond acceptors (Lipinski definition) is 4. The normalized spacial score (nSPS) is 17.9. The summed E-state index contributed by atoms with van der Waals surface area (Å²) in [7, 11) is -3.53. The van der Waals surface area contributed by atoms with Gasteiger partial charge in [-0.25, -0.2) is 8.42 Å². The summed E-state index contributed by atoms with van der Waals surface area (Å²) in [6.07, 6.45) is 1.00. The lowest BCUT2D eigenvalue weighted by Gasteiger charge is -2.34. The molecule has 1 unspecified atom stereocenters. The molecule has 0 saturated carbocycles. The summed E-state index contributed by atoms with van der Waals surface area (Å²) in [5.41, 5.74) is 0.351. The molecule has 1 heterocycles. The first kappa shape index (κ1) is 15.9. The fraction of sp³-hybridized carbons (Fsp3) is 0.462. The van der Waals surface area contributed by atoms with Gasteiger partial charge in [-0.1, -0.05) is 18.5 Å². The van der Waals surface area contributed by atoms with Crippen molar-refractivity contribution in [1.29, 1.82) is 0 Å². The van der Waals surface area contributed by atoms with Crippen LogP contribution in [0.1, 0.15) is 13.3 Å². The Bertz CT molecular complexity index is 648. The Morgan fingerprint density at radius 1 is 1.52 bits per heavy atom. The molecule has 0 spiro atoms. The van der Waals surface area contributed by atoms with Crippen molar-refractivity contribution >= 4 is 33.2 Å². The third kappa shape index (κ3) is 3.59. The number of benzene rings is 1. The molecule has 1 aromatic rings. The number of halogens is 1. The molecule has 1 N–H and O–H groups in total. The van der Waals surface area contributed by atoms with Crippen LogP contribution in [0.15, 0.2) is 18.2 Å². The van der Waals surface area contributed by atoms with E-state index in [0.717, 1.165) is 17.0 Å². The van der Waals surface area contributed by atoms with Crippen molar-refractivity contribution in [1.82, 2.24) is 5.32 Å². The highest BCUT2D eigenvalue weighted by molar-refractivity contribution is 7.92. The quantitative estimate of drug-likeness (QED) is 0.904. The van der Waals surface area contributed by atoms with Crippen molar-refractivity contribution in [3.63, 3.8) is 0 Å². The first-order chi connectivity index (χ1) is 9.82. The zero-order chi connectivity index (χ0) is 15.6. The predicted octanol–water partition coefficient (Wildman–Crippen LogP) is 1.39. The van der Waals surface area contributed by atoms with Crippen molar-refractivity contribution in [2.24, 2.45) is 0 Å². The minimum absolute atomic E-state index is 0.0677. The third-order valence-electron chi connectivity index (χ3n) is 3.03. The van der Waals surface area contributed by atoms with Crippen LogP contribution >= 0.6 is 11.6 Å². The third-order valence-corrected chi connectivity index (χ3v) is 4.41. The summed E-state index contributed by atoms with van der Waals surface area (Å²) in [6, 6.07) is 4.67. The molecule has 0 saturated heterocycles.